The molecule has 0 aliphatic heterocycles. The second kappa shape index (κ2) is 9.96. The number of carbonyl (C=O) groups is 3. The van der Waals surface area contributed by atoms with E-state index in [9.17, 15) is 24.3 Å². The number of amides is 1. The van der Waals surface area contributed by atoms with Crippen LogP contribution in [0.1, 0.15) is 48.2 Å². The molecule has 2 rings (SSSR count). The molecule has 1 amide bonds. The predicted octanol–water partition coefficient (Wildman–Crippen LogP) is 0.519. The van der Waals surface area contributed by atoms with E-state index in [1.54, 1.807) is 21.0 Å². The summed E-state index contributed by atoms with van der Waals surface area (Å²) in [5, 5.41) is 14.0. The van der Waals surface area contributed by atoms with Crippen molar-refractivity contribution in [3.8, 4) is 0 Å². The van der Waals surface area contributed by atoms with E-state index in [4.69, 9.17) is 0 Å². The van der Waals surface area contributed by atoms with Gasteiger partial charge in [0.2, 0.25) is 11.7 Å². The average Bonchev–Trinajstić information content (AvgIpc) is 2.57. The molecule has 9 heteroatoms. The maximum absolute atomic E-state index is 12.7. The third kappa shape index (κ3) is 5.60. The van der Waals surface area contributed by atoms with Crippen LogP contribution in [-0.4, -0.2) is 80.9 Å². The molecule has 1 heterocycles. The van der Waals surface area contributed by atoms with Gasteiger partial charge in [-0.05, 0) is 25.8 Å². The Bertz CT molecular complexity index is 842. The van der Waals surface area contributed by atoms with Gasteiger partial charge in [-0.3, -0.25) is 19.2 Å². The van der Waals surface area contributed by atoms with Gasteiger partial charge in [-0.2, -0.15) is 5.10 Å². The van der Waals surface area contributed by atoms with Gasteiger partial charge in [-0.1, -0.05) is 0 Å². The Morgan fingerprint density at radius 3 is 2.52 bits per heavy atom. The van der Waals surface area contributed by atoms with Crippen molar-refractivity contribution >= 4 is 47.0 Å². The van der Waals surface area contributed by atoms with Crippen molar-refractivity contribution in [3.63, 3.8) is 0 Å². The summed E-state index contributed by atoms with van der Waals surface area (Å²) in [5.41, 5.74) is -0.673. The van der Waals surface area contributed by atoms with Gasteiger partial charge in [0.15, 0.2) is 5.78 Å². The molecule has 1 aromatic rings. The Balaban J connectivity index is 0.00000364. The fourth-order valence-corrected chi connectivity index (χ4v) is 2.81. The van der Waals surface area contributed by atoms with E-state index < -0.39 is 17.1 Å². The van der Waals surface area contributed by atoms with Crippen LogP contribution in [0.5, 0.6) is 0 Å². The number of aromatic nitrogens is 2. The number of aryl methyl sites for hydroxylation is 2. The standard InChI is InChI=1S/C18H23N3O5.Na.H/c1-11-10-12(17(25)16-13(22)6-4-7-14(16)23)18(26)21(19-11)9-5-8-15(24)20(2)3;;/h10,22H,4-9H2,1-3H3;;. The number of allylic oxidation sites excluding steroid dienone is 2. The summed E-state index contributed by atoms with van der Waals surface area (Å²) in [5.74, 6) is -1.54. The van der Waals surface area contributed by atoms with Crippen LogP contribution in [0.15, 0.2) is 22.2 Å². The van der Waals surface area contributed by atoms with Gasteiger partial charge in [0.05, 0.1) is 11.3 Å². The van der Waals surface area contributed by atoms with E-state index in [0.717, 1.165) is 4.68 Å². The predicted molar refractivity (Wildman–Crippen MR) is 101 cm³/mol. The van der Waals surface area contributed by atoms with Gasteiger partial charge in [0, 0.05) is 39.9 Å². The van der Waals surface area contributed by atoms with Crippen LogP contribution in [-0.2, 0) is 16.1 Å². The van der Waals surface area contributed by atoms with Gasteiger partial charge in [-0.25, -0.2) is 4.68 Å². The fourth-order valence-electron chi connectivity index (χ4n) is 2.81. The second-order valence-corrected chi connectivity index (χ2v) is 6.55. The molecule has 1 aliphatic rings. The molecular weight excluding hydrogens is 361 g/mol. The second-order valence-electron chi connectivity index (χ2n) is 6.55. The zero-order valence-corrected chi connectivity index (χ0v) is 15.2. The van der Waals surface area contributed by atoms with Crippen molar-refractivity contribution < 1.29 is 19.5 Å². The van der Waals surface area contributed by atoms with Crippen LogP contribution < -0.4 is 5.56 Å². The SMILES string of the molecule is Cc1cc(C(=O)C2=C(O)CCCC2=O)c(=O)n(CCCC(=O)N(C)C)n1.[NaH]. The summed E-state index contributed by atoms with van der Waals surface area (Å²) >= 11 is 0. The van der Waals surface area contributed by atoms with E-state index in [1.165, 1.54) is 11.0 Å². The molecule has 0 radical (unpaired) electrons. The molecule has 27 heavy (non-hydrogen) atoms. The normalized spacial score (nSPS) is 14.0. The summed E-state index contributed by atoms with van der Waals surface area (Å²) in [6.45, 7) is 1.81. The Kier molecular flexibility index (Phi) is 8.59. The summed E-state index contributed by atoms with van der Waals surface area (Å²) < 4.78 is 1.14. The molecule has 0 aromatic carbocycles. The van der Waals surface area contributed by atoms with Gasteiger partial charge in [0.25, 0.3) is 5.56 Å². The van der Waals surface area contributed by atoms with Crippen molar-refractivity contribution in [1.82, 2.24) is 14.7 Å². The monoisotopic (exact) mass is 385 g/mol. The van der Waals surface area contributed by atoms with Crippen LogP contribution >= 0.6 is 0 Å². The van der Waals surface area contributed by atoms with Crippen molar-refractivity contribution in [2.75, 3.05) is 14.1 Å². The summed E-state index contributed by atoms with van der Waals surface area (Å²) in [7, 11) is 3.30. The molecule has 0 unspecified atom stereocenters. The van der Waals surface area contributed by atoms with Crippen LogP contribution in [0.25, 0.3) is 0 Å². The van der Waals surface area contributed by atoms with E-state index in [-0.39, 0.29) is 78.2 Å². The Labute approximate surface area is 179 Å². The first kappa shape index (κ1) is 23.3. The zero-order chi connectivity index (χ0) is 19.4. The third-order valence-electron chi connectivity index (χ3n) is 4.21. The van der Waals surface area contributed by atoms with Crippen molar-refractivity contribution in [2.24, 2.45) is 0 Å². The average molecular weight is 385 g/mol. The first-order valence-electron chi connectivity index (χ1n) is 8.51. The van der Waals surface area contributed by atoms with Gasteiger partial charge < -0.3 is 10.0 Å². The molecule has 0 bridgehead atoms. The van der Waals surface area contributed by atoms with Crippen LogP contribution in [0.2, 0.25) is 0 Å². The molecule has 0 spiro atoms. The van der Waals surface area contributed by atoms with Crippen molar-refractivity contribution in [3.05, 3.63) is 39.0 Å². The Morgan fingerprint density at radius 1 is 1.26 bits per heavy atom. The summed E-state index contributed by atoms with van der Waals surface area (Å²) in [6, 6.07) is 1.33. The molecule has 1 N–H and O–H groups in total. The van der Waals surface area contributed by atoms with Gasteiger partial charge in [0.1, 0.15) is 11.3 Å². The molecule has 0 saturated carbocycles. The topological polar surface area (TPSA) is 110 Å². The zero-order valence-electron chi connectivity index (χ0n) is 15.2. The van der Waals surface area contributed by atoms with Gasteiger partial charge >= 0.3 is 29.6 Å². The molecule has 0 saturated heterocycles. The molecule has 0 atom stereocenters. The number of ketones is 2. The van der Waals surface area contributed by atoms with E-state index in [0.29, 0.717) is 18.5 Å². The van der Waals surface area contributed by atoms with E-state index >= 15 is 0 Å². The number of rotatable bonds is 6. The van der Waals surface area contributed by atoms with Crippen molar-refractivity contribution in [1.29, 1.82) is 0 Å². The number of nitrogens with zero attached hydrogens (tertiary/aromatic N) is 3. The minimum absolute atomic E-state index is 0. The van der Waals surface area contributed by atoms with Crippen LogP contribution in [0.4, 0.5) is 0 Å². The summed E-state index contributed by atoms with van der Waals surface area (Å²) in [4.78, 5) is 50.4. The number of hydrogen-bond donors (Lipinski definition) is 1. The quantitative estimate of drug-likeness (QED) is 0.434. The summed E-state index contributed by atoms with van der Waals surface area (Å²) in [6.07, 6.45) is 1.56. The molecule has 1 aliphatic carbocycles. The number of carbonyl (C=O) groups excluding carboxylic acids is 3. The minimum atomic E-state index is -0.763. The van der Waals surface area contributed by atoms with Crippen LogP contribution in [0, 0.1) is 6.92 Å². The Morgan fingerprint density at radius 2 is 1.93 bits per heavy atom. The molecule has 0 fully saturated rings. The number of hydrogen-bond acceptors (Lipinski definition) is 6. The van der Waals surface area contributed by atoms with Crippen LogP contribution in [0.3, 0.4) is 0 Å². The molecule has 8 nitrogen and oxygen atoms in total. The number of Topliss-reactive ketones (excluding diaryl/α,β-unsaturated/α-hetero) is 2. The fraction of sp³-hybridized carbons (Fsp3) is 0.500. The first-order chi connectivity index (χ1) is 12.2. The van der Waals surface area contributed by atoms with E-state index in [1.807, 2.05) is 0 Å². The number of aliphatic hydroxyl groups excluding tert-OH is 1. The maximum atomic E-state index is 12.7. The molecular formula is C18H24N3NaO5. The van der Waals surface area contributed by atoms with Gasteiger partial charge in [-0.15, -0.1) is 0 Å². The molecule has 1 aromatic heterocycles. The first-order valence-corrected chi connectivity index (χ1v) is 8.51. The van der Waals surface area contributed by atoms with Crippen molar-refractivity contribution in [2.45, 2.75) is 45.6 Å². The number of aliphatic hydroxyl groups is 1. The van der Waals surface area contributed by atoms with E-state index in [2.05, 4.69) is 5.10 Å². The third-order valence-corrected chi connectivity index (χ3v) is 4.21. The molecule has 142 valence electrons. The Hall–Kier alpha value is -1.77.